The monoisotopic (exact) mass is 149 g/mol. The summed E-state index contributed by atoms with van der Waals surface area (Å²) in [4.78, 5) is 10.0. The molecule has 1 aromatic carbocycles. The van der Waals surface area contributed by atoms with E-state index >= 15 is 0 Å². The SMILES string of the molecule is Cc1cccc(NCC=O)c1. The van der Waals surface area contributed by atoms with E-state index in [9.17, 15) is 4.79 Å². The first kappa shape index (κ1) is 7.79. The molecule has 0 spiro atoms. The van der Waals surface area contributed by atoms with Crippen LogP contribution in [0.15, 0.2) is 24.3 Å². The number of anilines is 1. The van der Waals surface area contributed by atoms with Crippen LogP contribution in [0, 0.1) is 6.92 Å². The van der Waals surface area contributed by atoms with Crippen molar-refractivity contribution in [3.05, 3.63) is 29.8 Å². The number of carbonyl (C=O) groups excluding carboxylic acids is 1. The van der Waals surface area contributed by atoms with Crippen LogP contribution in [-0.2, 0) is 4.79 Å². The lowest BCUT2D eigenvalue weighted by Crippen LogP contribution is -2.01. The van der Waals surface area contributed by atoms with Gasteiger partial charge in [-0.1, -0.05) is 12.1 Å². The van der Waals surface area contributed by atoms with Gasteiger partial charge in [-0.3, -0.25) is 0 Å². The van der Waals surface area contributed by atoms with E-state index < -0.39 is 0 Å². The molecule has 0 unspecified atom stereocenters. The average Bonchev–Trinajstić information content (AvgIpc) is 2.01. The first-order valence-corrected chi connectivity index (χ1v) is 3.57. The molecule has 0 fully saturated rings. The Balaban J connectivity index is 2.63. The van der Waals surface area contributed by atoms with Crippen molar-refractivity contribution >= 4 is 12.0 Å². The van der Waals surface area contributed by atoms with Gasteiger partial charge < -0.3 is 10.1 Å². The first-order valence-electron chi connectivity index (χ1n) is 3.57. The third-order valence-corrected chi connectivity index (χ3v) is 1.41. The van der Waals surface area contributed by atoms with Crippen molar-refractivity contribution in [2.24, 2.45) is 0 Å². The fraction of sp³-hybridized carbons (Fsp3) is 0.222. The summed E-state index contributed by atoms with van der Waals surface area (Å²) in [7, 11) is 0. The van der Waals surface area contributed by atoms with Crippen molar-refractivity contribution in [2.75, 3.05) is 11.9 Å². The Morgan fingerprint density at radius 1 is 1.55 bits per heavy atom. The minimum Gasteiger partial charge on any atom is -0.378 e. The molecule has 0 aliphatic heterocycles. The summed E-state index contributed by atoms with van der Waals surface area (Å²) in [5.41, 5.74) is 2.19. The Hall–Kier alpha value is -1.31. The van der Waals surface area contributed by atoms with Crippen molar-refractivity contribution in [2.45, 2.75) is 6.92 Å². The van der Waals surface area contributed by atoms with Crippen LogP contribution < -0.4 is 5.32 Å². The minimum absolute atomic E-state index is 0.378. The van der Waals surface area contributed by atoms with Crippen LogP contribution in [0.5, 0.6) is 0 Å². The molecule has 0 heterocycles. The van der Waals surface area contributed by atoms with E-state index in [1.165, 1.54) is 5.56 Å². The summed E-state index contributed by atoms with van der Waals surface area (Å²) in [6.07, 6.45) is 0.850. The lowest BCUT2D eigenvalue weighted by Gasteiger charge is -2.01. The predicted octanol–water partition coefficient (Wildman–Crippen LogP) is 1.61. The molecule has 1 N–H and O–H groups in total. The van der Waals surface area contributed by atoms with Crippen LogP contribution in [-0.4, -0.2) is 12.8 Å². The third-order valence-electron chi connectivity index (χ3n) is 1.41. The van der Waals surface area contributed by atoms with Crippen molar-refractivity contribution in [3.63, 3.8) is 0 Å². The Kier molecular flexibility index (Phi) is 2.66. The Labute approximate surface area is 66.2 Å². The largest absolute Gasteiger partial charge is 0.378 e. The maximum absolute atomic E-state index is 10.0. The lowest BCUT2D eigenvalue weighted by atomic mass is 10.2. The van der Waals surface area contributed by atoms with Gasteiger partial charge in [0.05, 0.1) is 6.54 Å². The highest BCUT2D eigenvalue weighted by molar-refractivity contribution is 5.59. The number of hydrogen-bond donors (Lipinski definition) is 1. The molecular formula is C9H11NO. The molecule has 0 amide bonds. The van der Waals surface area contributed by atoms with Crippen LogP contribution >= 0.6 is 0 Å². The smallest absolute Gasteiger partial charge is 0.139 e. The van der Waals surface area contributed by atoms with Gasteiger partial charge >= 0.3 is 0 Å². The van der Waals surface area contributed by atoms with E-state index in [1.807, 2.05) is 31.2 Å². The van der Waals surface area contributed by atoms with Gasteiger partial charge in [-0.05, 0) is 24.6 Å². The highest BCUT2D eigenvalue weighted by atomic mass is 16.1. The second kappa shape index (κ2) is 3.76. The Morgan fingerprint density at radius 2 is 2.36 bits per heavy atom. The lowest BCUT2D eigenvalue weighted by molar-refractivity contribution is -0.106. The molecule has 0 aliphatic carbocycles. The van der Waals surface area contributed by atoms with Gasteiger partial charge in [0, 0.05) is 5.69 Å². The molecule has 2 nitrogen and oxygen atoms in total. The molecule has 2 heteroatoms. The van der Waals surface area contributed by atoms with Crippen LogP contribution in [0.4, 0.5) is 5.69 Å². The van der Waals surface area contributed by atoms with Crippen molar-refractivity contribution in [3.8, 4) is 0 Å². The highest BCUT2D eigenvalue weighted by Gasteiger charge is 1.88. The van der Waals surface area contributed by atoms with Gasteiger partial charge in [0.2, 0.25) is 0 Å². The van der Waals surface area contributed by atoms with Crippen LogP contribution in [0.1, 0.15) is 5.56 Å². The third kappa shape index (κ3) is 2.42. The van der Waals surface area contributed by atoms with E-state index in [0.717, 1.165) is 12.0 Å². The van der Waals surface area contributed by atoms with Gasteiger partial charge in [0.1, 0.15) is 6.29 Å². The number of nitrogens with one attached hydrogen (secondary N) is 1. The molecule has 0 radical (unpaired) electrons. The summed E-state index contributed by atoms with van der Waals surface area (Å²) in [6.45, 7) is 2.40. The molecule has 58 valence electrons. The maximum atomic E-state index is 10.0. The van der Waals surface area contributed by atoms with E-state index in [4.69, 9.17) is 0 Å². The molecular weight excluding hydrogens is 138 g/mol. The molecule has 0 aromatic heterocycles. The normalized spacial score (nSPS) is 9.18. The van der Waals surface area contributed by atoms with Crippen molar-refractivity contribution in [1.82, 2.24) is 0 Å². The van der Waals surface area contributed by atoms with Gasteiger partial charge in [-0.15, -0.1) is 0 Å². The van der Waals surface area contributed by atoms with Gasteiger partial charge in [-0.25, -0.2) is 0 Å². The maximum Gasteiger partial charge on any atom is 0.139 e. The molecule has 0 saturated carbocycles. The summed E-state index contributed by atoms with van der Waals surface area (Å²) in [5.74, 6) is 0. The number of hydrogen-bond acceptors (Lipinski definition) is 2. The van der Waals surface area contributed by atoms with Crippen LogP contribution in [0.25, 0.3) is 0 Å². The standard InChI is InChI=1S/C9H11NO/c1-8-3-2-4-9(7-8)10-5-6-11/h2-4,6-7,10H,5H2,1H3. The molecule has 1 rings (SSSR count). The average molecular weight is 149 g/mol. The van der Waals surface area contributed by atoms with Gasteiger partial charge in [0.25, 0.3) is 0 Å². The number of aldehydes is 1. The fourth-order valence-electron chi connectivity index (χ4n) is 0.915. The minimum atomic E-state index is 0.378. The quantitative estimate of drug-likeness (QED) is 0.661. The van der Waals surface area contributed by atoms with Crippen LogP contribution in [0.3, 0.4) is 0 Å². The predicted molar refractivity (Wildman–Crippen MR) is 45.7 cm³/mol. The van der Waals surface area contributed by atoms with Gasteiger partial charge in [-0.2, -0.15) is 0 Å². The van der Waals surface area contributed by atoms with Crippen molar-refractivity contribution < 1.29 is 4.79 Å². The zero-order valence-corrected chi connectivity index (χ0v) is 6.50. The highest BCUT2D eigenvalue weighted by Crippen LogP contribution is 2.08. The number of benzene rings is 1. The summed E-state index contributed by atoms with van der Waals surface area (Å²) in [5, 5.41) is 2.97. The van der Waals surface area contributed by atoms with Crippen LogP contribution in [0.2, 0.25) is 0 Å². The molecule has 0 saturated heterocycles. The van der Waals surface area contributed by atoms with E-state index in [2.05, 4.69) is 5.32 Å². The topological polar surface area (TPSA) is 29.1 Å². The molecule has 0 aliphatic rings. The Morgan fingerprint density at radius 3 is 3.00 bits per heavy atom. The number of carbonyl (C=O) groups is 1. The summed E-state index contributed by atoms with van der Waals surface area (Å²) < 4.78 is 0. The second-order valence-corrected chi connectivity index (χ2v) is 2.42. The zero-order valence-electron chi connectivity index (χ0n) is 6.50. The number of aryl methyl sites for hydroxylation is 1. The Bertz CT molecular complexity index is 245. The molecule has 11 heavy (non-hydrogen) atoms. The summed E-state index contributed by atoms with van der Waals surface area (Å²) >= 11 is 0. The number of rotatable bonds is 3. The first-order chi connectivity index (χ1) is 5.33. The molecule has 0 atom stereocenters. The van der Waals surface area contributed by atoms with Crippen molar-refractivity contribution in [1.29, 1.82) is 0 Å². The fourth-order valence-corrected chi connectivity index (χ4v) is 0.915. The molecule has 0 bridgehead atoms. The zero-order chi connectivity index (χ0) is 8.10. The second-order valence-electron chi connectivity index (χ2n) is 2.42. The van der Waals surface area contributed by atoms with E-state index in [1.54, 1.807) is 0 Å². The van der Waals surface area contributed by atoms with E-state index in [0.29, 0.717) is 6.54 Å². The van der Waals surface area contributed by atoms with E-state index in [-0.39, 0.29) is 0 Å². The summed E-state index contributed by atoms with van der Waals surface area (Å²) in [6, 6.07) is 7.93. The van der Waals surface area contributed by atoms with Gasteiger partial charge in [0.15, 0.2) is 0 Å². The molecule has 1 aromatic rings.